The molecule has 2 fully saturated rings. The van der Waals surface area contributed by atoms with Crippen molar-refractivity contribution in [2.45, 2.75) is 87.2 Å². The van der Waals surface area contributed by atoms with Gasteiger partial charge in [-0.1, -0.05) is 62.8 Å². The van der Waals surface area contributed by atoms with Crippen LogP contribution in [0.15, 0.2) is 0 Å². The Morgan fingerprint density at radius 2 is 0.865 bits per heavy atom. The first-order chi connectivity index (χ1) is 16.7. The smallest absolute Gasteiger partial charge is 0.310 e. The van der Waals surface area contributed by atoms with Crippen LogP contribution in [0.3, 0.4) is 0 Å². The number of aliphatic carboxylic acids is 2. The molecular weight excluding hydrogens is 484 g/mol. The second-order valence-electron chi connectivity index (χ2n) is 11.3. The molecule has 2 N–H and O–H groups in total. The van der Waals surface area contributed by atoms with Crippen molar-refractivity contribution in [3.63, 3.8) is 0 Å². The minimum absolute atomic E-state index is 0. The third kappa shape index (κ3) is 7.44. The van der Waals surface area contributed by atoms with Crippen LogP contribution in [0.4, 0.5) is 0 Å². The molecule has 2 aliphatic heterocycles. The number of carbonyl (C=O) groups is 4. The van der Waals surface area contributed by atoms with E-state index in [0.29, 0.717) is 0 Å². The minimum atomic E-state index is -1.05. The van der Waals surface area contributed by atoms with Gasteiger partial charge < -0.3 is 29.2 Å². The highest BCUT2D eigenvalue weighted by molar-refractivity contribution is 5.82. The maximum Gasteiger partial charge on any atom is 0.310 e. The van der Waals surface area contributed by atoms with E-state index >= 15 is 0 Å². The Bertz CT molecular complexity index is 739. The summed E-state index contributed by atoms with van der Waals surface area (Å²) in [6.07, 6.45) is -2.87. The first-order valence-corrected chi connectivity index (χ1v) is 12.8. The van der Waals surface area contributed by atoms with Gasteiger partial charge in [-0.05, 0) is 23.7 Å². The average molecular weight is 531 g/mol. The minimum Gasteiger partial charge on any atom is -0.481 e. The van der Waals surface area contributed by atoms with E-state index in [1.54, 1.807) is 55.4 Å². The molecule has 37 heavy (non-hydrogen) atoms. The molecule has 0 aliphatic carbocycles. The van der Waals surface area contributed by atoms with Crippen molar-refractivity contribution in [2.75, 3.05) is 13.2 Å². The number of carboxylic acid groups (broad SMARTS) is 2. The van der Waals surface area contributed by atoms with Crippen molar-refractivity contribution in [1.82, 2.24) is 0 Å². The topological polar surface area (TPSA) is 146 Å². The third-order valence-electron chi connectivity index (χ3n) is 7.26. The predicted molar refractivity (Wildman–Crippen MR) is 135 cm³/mol. The molecule has 0 amide bonds. The maximum atomic E-state index is 13.1. The van der Waals surface area contributed by atoms with Gasteiger partial charge in [-0.2, -0.15) is 0 Å². The molecule has 0 bridgehead atoms. The number of carbonyl (C=O) groups excluding carboxylic acids is 2. The van der Waals surface area contributed by atoms with Crippen LogP contribution in [0.25, 0.3) is 0 Å². The van der Waals surface area contributed by atoms with Crippen LogP contribution in [-0.2, 0) is 38.1 Å². The first-order valence-electron chi connectivity index (χ1n) is 12.8. The summed E-state index contributed by atoms with van der Waals surface area (Å²) in [5.74, 6) is -7.86. The van der Waals surface area contributed by atoms with Crippen LogP contribution in [0.2, 0.25) is 0 Å². The standard InChI is InChI=1S/C26H42O10.CH4/c1-11(2)17(23(27)28)19(13(5)6)25(31)35-15-9-33-22-16(10-34-21(15)22)36-26(32)20(14(7)8)18(12(3)4)24(29)30;/h11-22H,9-10H2,1-8H3,(H,27,28)(H,29,30);1H4/t15-,16-,17?,18?,19?,20?,21+,22+;/m0./s1. The molecule has 0 saturated carbocycles. The number of ether oxygens (including phenoxy) is 4. The van der Waals surface area contributed by atoms with Gasteiger partial charge in [-0.15, -0.1) is 0 Å². The second kappa shape index (κ2) is 13.6. The molecule has 2 aliphatic rings. The molecule has 0 radical (unpaired) electrons. The maximum absolute atomic E-state index is 13.1. The summed E-state index contributed by atoms with van der Waals surface area (Å²) in [4.78, 5) is 49.8. The molecule has 4 unspecified atom stereocenters. The average Bonchev–Trinajstić information content (AvgIpc) is 3.31. The van der Waals surface area contributed by atoms with E-state index in [1.165, 1.54) is 0 Å². The van der Waals surface area contributed by atoms with Crippen molar-refractivity contribution in [1.29, 1.82) is 0 Å². The molecule has 214 valence electrons. The lowest BCUT2D eigenvalue weighted by Gasteiger charge is -2.30. The monoisotopic (exact) mass is 530 g/mol. The SMILES string of the molecule is C.CC(C)C(C(=O)O)C(C(=O)O[C@H]1CO[C@H]2[C@@H]1OC[C@@H]2OC(=O)C(C(C)C)C(C(=O)O)C(C)C)C(C)C. The summed E-state index contributed by atoms with van der Waals surface area (Å²) < 4.78 is 23.0. The highest BCUT2D eigenvalue weighted by Gasteiger charge is 2.53. The highest BCUT2D eigenvalue weighted by atomic mass is 16.7. The summed E-state index contributed by atoms with van der Waals surface area (Å²) >= 11 is 0. The van der Waals surface area contributed by atoms with E-state index in [1.807, 2.05) is 0 Å². The third-order valence-corrected chi connectivity index (χ3v) is 7.26. The lowest BCUT2D eigenvalue weighted by Crippen LogP contribution is -2.43. The van der Waals surface area contributed by atoms with E-state index in [9.17, 15) is 29.4 Å². The number of esters is 2. The Morgan fingerprint density at radius 1 is 0.595 bits per heavy atom. The number of hydrogen-bond acceptors (Lipinski definition) is 8. The number of hydrogen-bond donors (Lipinski definition) is 2. The fourth-order valence-corrected chi connectivity index (χ4v) is 5.46. The van der Waals surface area contributed by atoms with E-state index in [2.05, 4.69) is 0 Å². The molecule has 2 saturated heterocycles. The zero-order valence-electron chi connectivity index (χ0n) is 22.5. The molecule has 2 rings (SSSR count). The normalized spacial score (nSPS) is 26.4. The largest absolute Gasteiger partial charge is 0.481 e. The van der Waals surface area contributed by atoms with Crippen LogP contribution in [0.1, 0.15) is 62.8 Å². The first kappa shape index (κ1) is 32.8. The van der Waals surface area contributed by atoms with Gasteiger partial charge in [0.2, 0.25) is 0 Å². The Kier molecular flexibility index (Phi) is 12.0. The van der Waals surface area contributed by atoms with Gasteiger partial charge in [0.05, 0.1) is 36.9 Å². The summed E-state index contributed by atoms with van der Waals surface area (Å²) in [6, 6.07) is 0. The van der Waals surface area contributed by atoms with Crippen molar-refractivity contribution < 1.29 is 48.3 Å². The van der Waals surface area contributed by atoms with Gasteiger partial charge in [0, 0.05) is 0 Å². The quantitative estimate of drug-likeness (QED) is 0.359. The lowest BCUT2D eigenvalue weighted by atomic mass is 9.77. The van der Waals surface area contributed by atoms with Gasteiger partial charge in [0.15, 0.2) is 12.2 Å². The number of fused-ring (bicyclic) bond motifs is 1. The molecule has 2 heterocycles. The fraction of sp³-hybridized carbons (Fsp3) is 0.852. The van der Waals surface area contributed by atoms with E-state index in [4.69, 9.17) is 18.9 Å². The second-order valence-corrected chi connectivity index (χ2v) is 11.3. The summed E-state index contributed by atoms with van der Waals surface area (Å²) in [6.45, 7) is 14.2. The highest BCUT2D eigenvalue weighted by Crippen LogP contribution is 2.36. The van der Waals surface area contributed by atoms with Crippen LogP contribution in [0, 0.1) is 47.3 Å². The molecule has 0 aromatic carbocycles. The summed E-state index contributed by atoms with van der Waals surface area (Å²) in [5.41, 5.74) is 0. The van der Waals surface area contributed by atoms with Crippen LogP contribution < -0.4 is 0 Å². The van der Waals surface area contributed by atoms with E-state index in [0.717, 1.165) is 0 Å². The summed E-state index contributed by atoms with van der Waals surface area (Å²) in [7, 11) is 0. The van der Waals surface area contributed by atoms with Gasteiger partial charge >= 0.3 is 23.9 Å². The number of rotatable bonds is 12. The molecule has 0 aromatic rings. The molecule has 0 aromatic heterocycles. The predicted octanol–water partition coefficient (Wildman–Crippen LogP) is 3.50. The Morgan fingerprint density at radius 3 is 1.08 bits per heavy atom. The van der Waals surface area contributed by atoms with Crippen molar-refractivity contribution in [3.8, 4) is 0 Å². The van der Waals surface area contributed by atoms with Gasteiger partial charge in [-0.25, -0.2) is 0 Å². The van der Waals surface area contributed by atoms with Gasteiger partial charge in [0.1, 0.15) is 12.2 Å². The Labute approximate surface area is 220 Å². The zero-order valence-corrected chi connectivity index (χ0v) is 22.5. The van der Waals surface area contributed by atoms with Gasteiger partial charge in [0.25, 0.3) is 0 Å². The van der Waals surface area contributed by atoms with Crippen molar-refractivity contribution in [3.05, 3.63) is 0 Å². The molecular formula is C27H46O10. The summed E-state index contributed by atoms with van der Waals surface area (Å²) in [5, 5.41) is 19.4. The van der Waals surface area contributed by atoms with Crippen LogP contribution in [0.5, 0.6) is 0 Å². The number of carboxylic acids is 2. The molecule has 8 atom stereocenters. The lowest BCUT2D eigenvalue weighted by molar-refractivity contribution is -0.170. The molecule has 0 spiro atoms. The van der Waals surface area contributed by atoms with Gasteiger partial charge in [-0.3, -0.25) is 19.2 Å². The Hall–Kier alpha value is -2.20. The molecule has 10 heteroatoms. The van der Waals surface area contributed by atoms with Crippen molar-refractivity contribution >= 4 is 23.9 Å². The van der Waals surface area contributed by atoms with Crippen molar-refractivity contribution in [2.24, 2.45) is 47.3 Å². The fourth-order valence-electron chi connectivity index (χ4n) is 5.46. The zero-order chi connectivity index (χ0) is 27.5. The van der Waals surface area contributed by atoms with E-state index < -0.39 is 72.0 Å². The molecule has 10 nitrogen and oxygen atoms in total. The van der Waals surface area contributed by atoms with E-state index in [-0.39, 0.29) is 44.3 Å². The van der Waals surface area contributed by atoms with Crippen LogP contribution >= 0.6 is 0 Å². The Balaban J connectivity index is 0.00000684. The van der Waals surface area contributed by atoms with Crippen LogP contribution in [-0.4, -0.2) is 71.7 Å².